The van der Waals surface area contributed by atoms with Crippen molar-refractivity contribution in [2.45, 2.75) is 12.7 Å². The Balaban J connectivity index is 2.24. The molecule has 108 valence electrons. The molecule has 0 radical (unpaired) electrons. The fourth-order valence-corrected chi connectivity index (χ4v) is 2.19. The number of pyridine rings is 1. The fourth-order valence-electron chi connectivity index (χ4n) is 2.19. The van der Waals surface area contributed by atoms with Gasteiger partial charge in [-0.3, -0.25) is 9.88 Å². The van der Waals surface area contributed by atoms with Crippen LogP contribution in [0.2, 0.25) is 0 Å². The number of aromatic nitrogens is 1. The third kappa shape index (κ3) is 3.91. The summed E-state index contributed by atoms with van der Waals surface area (Å²) in [5.41, 5.74) is 6.90. The van der Waals surface area contributed by atoms with Gasteiger partial charge in [0.2, 0.25) is 0 Å². The molecule has 0 bridgehead atoms. The van der Waals surface area contributed by atoms with E-state index in [0.717, 1.165) is 16.5 Å². The number of benzene rings is 1. The van der Waals surface area contributed by atoms with E-state index in [1.807, 2.05) is 18.2 Å². The van der Waals surface area contributed by atoms with Gasteiger partial charge >= 0.3 is 6.18 Å². The van der Waals surface area contributed by atoms with Gasteiger partial charge in [-0.05, 0) is 11.6 Å². The van der Waals surface area contributed by atoms with Crippen LogP contribution in [0.5, 0.6) is 0 Å². The van der Waals surface area contributed by atoms with E-state index in [4.69, 9.17) is 5.73 Å². The van der Waals surface area contributed by atoms with Crippen molar-refractivity contribution in [2.24, 2.45) is 5.73 Å². The highest BCUT2D eigenvalue weighted by atomic mass is 19.4. The van der Waals surface area contributed by atoms with Gasteiger partial charge < -0.3 is 5.73 Å². The van der Waals surface area contributed by atoms with Crippen LogP contribution in [0, 0.1) is 0 Å². The summed E-state index contributed by atoms with van der Waals surface area (Å²) in [5, 5.41) is 0.921. The molecule has 0 aliphatic rings. The number of hydrogen-bond acceptors (Lipinski definition) is 3. The van der Waals surface area contributed by atoms with Crippen LogP contribution in [0.15, 0.2) is 36.5 Å². The van der Waals surface area contributed by atoms with Gasteiger partial charge in [0.05, 0.1) is 12.1 Å². The lowest BCUT2D eigenvalue weighted by atomic mass is 10.1. The van der Waals surface area contributed by atoms with Crippen LogP contribution in [-0.4, -0.2) is 35.7 Å². The second-order valence-corrected chi connectivity index (χ2v) is 4.61. The van der Waals surface area contributed by atoms with Gasteiger partial charge in [-0.15, -0.1) is 0 Å². The van der Waals surface area contributed by atoms with Crippen molar-refractivity contribution < 1.29 is 13.2 Å². The number of alkyl halides is 3. The van der Waals surface area contributed by atoms with Crippen molar-refractivity contribution in [1.82, 2.24) is 9.88 Å². The van der Waals surface area contributed by atoms with Gasteiger partial charge in [0.15, 0.2) is 0 Å². The van der Waals surface area contributed by atoms with Crippen molar-refractivity contribution in [1.29, 1.82) is 0 Å². The van der Waals surface area contributed by atoms with Crippen molar-refractivity contribution in [3.8, 4) is 0 Å². The van der Waals surface area contributed by atoms with Gasteiger partial charge in [0.25, 0.3) is 0 Å². The van der Waals surface area contributed by atoms with E-state index in [2.05, 4.69) is 4.98 Å². The standard InChI is InChI=1S/C14H16F3N3/c15-14(16,17)10-20(8-6-18)9-12-4-1-3-11-5-2-7-19-13(11)12/h1-5,7H,6,8-10,18H2. The Morgan fingerprint density at radius 2 is 1.90 bits per heavy atom. The molecule has 0 saturated carbocycles. The Labute approximate surface area is 115 Å². The molecule has 0 aliphatic heterocycles. The molecule has 1 aromatic carbocycles. The van der Waals surface area contributed by atoms with E-state index in [0.29, 0.717) is 0 Å². The van der Waals surface area contributed by atoms with E-state index < -0.39 is 12.7 Å². The maximum absolute atomic E-state index is 12.5. The van der Waals surface area contributed by atoms with Crippen LogP contribution >= 0.6 is 0 Å². The van der Waals surface area contributed by atoms with E-state index in [1.54, 1.807) is 18.3 Å². The number of nitrogens with two attached hydrogens (primary N) is 1. The number of rotatable bonds is 5. The Morgan fingerprint density at radius 3 is 2.60 bits per heavy atom. The topological polar surface area (TPSA) is 42.1 Å². The van der Waals surface area contributed by atoms with E-state index in [-0.39, 0.29) is 19.6 Å². The van der Waals surface area contributed by atoms with Crippen molar-refractivity contribution >= 4 is 10.9 Å². The zero-order chi connectivity index (χ0) is 14.6. The van der Waals surface area contributed by atoms with Crippen molar-refractivity contribution in [2.75, 3.05) is 19.6 Å². The summed E-state index contributed by atoms with van der Waals surface area (Å²) in [6.45, 7) is -0.393. The monoisotopic (exact) mass is 283 g/mol. The lowest BCUT2D eigenvalue weighted by Crippen LogP contribution is -2.37. The highest BCUT2D eigenvalue weighted by Crippen LogP contribution is 2.21. The van der Waals surface area contributed by atoms with Gasteiger partial charge in [-0.1, -0.05) is 24.3 Å². The molecule has 0 aliphatic carbocycles. The first-order valence-electron chi connectivity index (χ1n) is 6.31. The number of hydrogen-bond donors (Lipinski definition) is 1. The fraction of sp³-hybridized carbons (Fsp3) is 0.357. The first-order valence-corrected chi connectivity index (χ1v) is 6.31. The molecule has 2 aromatic rings. The molecule has 0 saturated heterocycles. The molecule has 3 nitrogen and oxygen atoms in total. The average Bonchev–Trinajstić information content (AvgIpc) is 2.37. The summed E-state index contributed by atoms with van der Waals surface area (Å²) in [6.07, 6.45) is -2.59. The molecule has 0 spiro atoms. The molecule has 1 aromatic heterocycles. The Kier molecular flexibility index (Phi) is 4.57. The Hall–Kier alpha value is -1.66. The van der Waals surface area contributed by atoms with Gasteiger partial charge in [-0.25, -0.2) is 0 Å². The number of halogens is 3. The van der Waals surface area contributed by atoms with Crippen molar-refractivity contribution in [3.05, 3.63) is 42.1 Å². The summed E-state index contributed by atoms with van der Waals surface area (Å²) >= 11 is 0. The highest BCUT2D eigenvalue weighted by Gasteiger charge is 2.30. The lowest BCUT2D eigenvalue weighted by Gasteiger charge is -2.23. The molecule has 0 amide bonds. The Morgan fingerprint density at radius 1 is 1.15 bits per heavy atom. The molecule has 2 rings (SSSR count). The highest BCUT2D eigenvalue weighted by molar-refractivity contribution is 5.81. The van der Waals surface area contributed by atoms with E-state index in [1.165, 1.54) is 4.90 Å². The minimum atomic E-state index is -4.23. The van der Waals surface area contributed by atoms with Crippen LogP contribution in [-0.2, 0) is 6.54 Å². The van der Waals surface area contributed by atoms with E-state index >= 15 is 0 Å². The SMILES string of the molecule is NCCN(Cc1cccc2cccnc12)CC(F)(F)F. The predicted octanol–water partition coefficient (Wildman–Crippen LogP) is 2.56. The smallest absolute Gasteiger partial charge is 0.329 e. The third-order valence-corrected chi connectivity index (χ3v) is 2.96. The van der Waals surface area contributed by atoms with Crippen LogP contribution in [0.25, 0.3) is 10.9 Å². The minimum absolute atomic E-state index is 0.186. The van der Waals surface area contributed by atoms with Crippen LogP contribution in [0.4, 0.5) is 13.2 Å². The maximum Gasteiger partial charge on any atom is 0.401 e. The lowest BCUT2D eigenvalue weighted by molar-refractivity contribution is -0.146. The number of fused-ring (bicyclic) bond motifs is 1. The zero-order valence-corrected chi connectivity index (χ0v) is 10.9. The van der Waals surface area contributed by atoms with Crippen LogP contribution < -0.4 is 5.73 Å². The Bertz CT molecular complexity index is 564. The normalized spacial score (nSPS) is 12.2. The summed E-state index contributed by atoms with van der Waals surface area (Å²) in [5.74, 6) is 0. The van der Waals surface area contributed by atoms with Crippen LogP contribution in [0.1, 0.15) is 5.56 Å². The maximum atomic E-state index is 12.5. The molecule has 0 atom stereocenters. The zero-order valence-electron chi connectivity index (χ0n) is 10.9. The first-order chi connectivity index (χ1) is 9.49. The van der Waals surface area contributed by atoms with Gasteiger partial charge in [0, 0.05) is 31.2 Å². The van der Waals surface area contributed by atoms with Gasteiger partial charge in [0.1, 0.15) is 0 Å². The van der Waals surface area contributed by atoms with Crippen molar-refractivity contribution in [3.63, 3.8) is 0 Å². The average molecular weight is 283 g/mol. The van der Waals surface area contributed by atoms with Crippen LogP contribution in [0.3, 0.4) is 0 Å². The molecular formula is C14H16F3N3. The molecule has 6 heteroatoms. The molecule has 20 heavy (non-hydrogen) atoms. The minimum Gasteiger partial charge on any atom is -0.329 e. The third-order valence-electron chi connectivity index (χ3n) is 2.96. The molecule has 2 N–H and O–H groups in total. The molecule has 1 heterocycles. The second kappa shape index (κ2) is 6.19. The largest absolute Gasteiger partial charge is 0.401 e. The summed E-state index contributed by atoms with van der Waals surface area (Å²) in [7, 11) is 0. The summed E-state index contributed by atoms with van der Waals surface area (Å²) in [6, 6.07) is 9.22. The summed E-state index contributed by atoms with van der Waals surface area (Å²) in [4.78, 5) is 5.55. The van der Waals surface area contributed by atoms with E-state index in [9.17, 15) is 13.2 Å². The predicted molar refractivity (Wildman–Crippen MR) is 72.1 cm³/mol. The summed E-state index contributed by atoms with van der Waals surface area (Å²) < 4.78 is 37.6. The number of para-hydroxylation sites is 1. The first kappa shape index (κ1) is 14.7. The van der Waals surface area contributed by atoms with Gasteiger partial charge in [-0.2, -0.15) is 13.2 Å². The molecular weight excluding hydrogens is 267 g/mol. The molecule has 0 unspecified atom stereocenters. The quantitative estimate of drug-likeness (QED) is 0.917. The molecule has 0 fully saturated rings. The second-order valence-electron chi connectivity index (χ2n) is 4.61. The number of nitrogens with zero attached hydrogens (tertiary/aromatic N) is 2.